The van der Waals surface area contributed by atoms with Crippen molar-refractivity contribution in [1.29, 1.82) is 0 Å². The summed E-state index contributed by atoms with van der Waals surface area (Å²) in [5, 5.41) is 0. The first-order valence-corrected chi connectivity index (χ1v) is 12.3. The summed E-state index contributed by atoms with van der Waals surface area (Å²) in [6.07, 6.45) is 5.41. The van der Waals surface area contributed by atoms with E-state index in [0.717, 1.165) is 63.8 Å². The summed E-state index contributed by atoms with van der Waals surface area (Å²) < 4.78 is 11.5. The van der Waals surface area contributed by atoms with E-state index in [1.54, 1.807) is 0 Å². The number of hydrogen-bond acceptors (Lipinski definition) is 5. The molecule has 0 radical (unpaired) electrons. The van der Waals surface area contributed by atoms with Crippen LogP contribution < -0.4 is 4.90 Å². The fraction of sp³-hybridized carbons (Fsp3) is 0.760. The summed E-state index contributed by atoms with van der Waals surface area (Å²) in [5.41, 5.74) is 2.78. The third-order valence-corrected chi connectivity index (χ3v) is 7.69. The van der Waals surface area contributed by atoms with E-state index in [9.17, 15) is 0 Å². The molecule has 1 unspecified atom stereocenters. The fourth-order valence-corrected chi connectivity index (χ4v) is 5.80. The van der Waals surface area contributed by atoms with Crippen LogP contribution in [-0.2, 0) is 16.0 Å². The Morgan fingerprint density at radius 1 is 0.867 bits per heavy atom. The van der Waals surface area contributed by atoms with E-state index < -0.39 is 0 Å². The Morgan fingerprint density at radius 3 is 2.33 bits per heavy atom. The smallest absolute Gasteiger partial charge is 0.0642 e. The van der Waals surface area contributed by atoms with Crippen LogP contribution in [0.1, 0.15) is 31.2 Å². The second-order valence-electron chi connectivity index (χ2n) is 9.78. The number of fused-ring (bicyclic) bond motifs is 1. The number of anilines is 1. The van der Waals surface area contributed by atoms with Crippen LogP contribution in [0.3, 0.4) is 0 Å². The van der Waals surface area contributed by atoms with Gasteiger partial charge in [0.05, 0.1) is 19.8 Å². The third kappa shape index (κ3) is 5.18. The van der Waals surface area contributed by atoms with E-state index in [1.165, 1.54) is 69.7 Å². The van der Waals surface area contributed by atoms with Crippen molar-refractivity contribution >= 4 is 5.69 Å². The zero-order chi connectivity index (χ0) is 20.2. The number of ether oxygens (including phenoxy) is 2. The van der Waals surface area contributed by atoms with Gasteiger partial charge in [-0.15, -0.1) is 0 Å². The van der Waals surface area contributed by atoms with Crippen LogP contribution in [0.15, 0.2) is 24.3 Å². The fourth-order valence-electron chi connectivity index (χ4n) is 5.80. The molecular formula is C25H39N3O2. The molecule has 1 aromatic carbocycles. The van der Waals surface area contributed by atoms with Crippen molar-refractivity contribution < 1.29 is 9.47 Å². The van der Waals surface area contributed by atoms with Gasteiger partial charge in [0.1, 0.15) is 0 Å². The van der Waals surface area contributed by atoms with E-state index in [2.05, 4.69) is 39.0 Å². The van der Waals surface area contributed by atoms with E-state index >= 15 is 0 Å². The van der Waals surface area contributed by atoms with Crippen LogP contribution in [0.4, 0.5) is 5.69 Å². The van der Waals surface area contributed by atoms with Gasteiger partial charge in [-0.05, 0) is 67.8 Å². The number of nitrogens with zero attached hydrogens (tertiary/aromatic N) is 3. The number of likely N-dealkylation sites (tertiary alicyclic amines) is 2. The third-order valence-electron chi connectivity index (χ3n) is 7.69. The molecule has 0 spiro atoms. The Morgan fingerprint density at radius 2 is 1.60 bits per heavy atom. The van der Waals surface area contributed by atoms with E-state index in [0.29, 0.717) is 0 Å². The number of piperidine rings is 2. The van der Waals surface area contributed by atoms with Gasteiger partial charge in [-0.1, -0.05) is 18.6 Å². The van der Waals surface area contributed by atoms with Crippen LogP contribution in [0, 0.1) is 17.8 Å². The second kappa shape index (κ2) is 9.99. The Bertz CT molecular complexity index is 643. The van der Waals surface area contributed by atoms with Crippen molar-refractivity contribution in [2.45, 2.75) is 32.2 Å². The van der Waals surface area contributed by atoms with Crippen molar-refractivity contribution in [3.63, 3.8) is 0 Å². The average Bonchev–Trinajstić information content (AvgIpc) is 3.25. The highest BCUT2D eigenvalue weighted by molar-refractivity contribution is 5.47. The van der Waals surface area contributed by atoms with Crippen LogP contribution in [0.25, 0.3) is 0 Å². The van der Waals surface area contributed by atoms with Gasteiger partial charge >= 0.3 is 0 Å². The summed E-state index contributed by atoms with van der Waals surface area (Å²) in [4.78, 5) is 7.69. The first-order chi connectivity index (χ1) is 14.9. The molecule has 1 aromatic rings. The van der Waals surface area contributed by atoms with Gasteiger partial charge in [-0.25, -0.2) is 0 Å². The molecule has 0 N–H and O–H groups in total. The molecule has 1 aliphatic carbocycles. The first kappa shape index (κ1) is 20.7. The van der Waals surface area contributed by atoms with Crippen molar-refractivity contribution in [2.75, 3.05) is 77.1 Å². The molecule has 0 aromatic heterocycles. The van der Waals surface area contributed by atoms with Gasteiger partial charge in [0.2, 0.25) is 0 Å². The van der Waals surface area contributed by atoms with Crippen molar-refractivity contribution in [3.8, 4) is 0 Å². The SMILES string of the molecule is c1cc(N2CCOCC2)ccc1CN1C[C@@H]2C(COCCCN3CCCCC3)[C@@H]2C1. The molecule has 0 amide bonds. The molecular weight excluding hydrogens is 374 g/mol. The Hall–Kier alpha value is -1.14. The van der Waals surface area contributed by atoms with Crippen molar-refractivity contribution in [2.24, 2.45) is 17.8 Å². The second-order valence-corrected chi connectivity index (χ2v) is 9.78. The van der Waals surface area contributed by atoms with Gasteiger partial charge in [-0.3, -0.25) is 4.90 Å². The highest BCUT2D eigenvalue weighted by Crippen LogP contribution is 2.52. The van der Waals surface area contributed by atoms with Crippen LogP contribution in [0.5, 0.6) is 0 Å². The predicted molar refractivity (Wildman–Crippen MR) is 121 cm³/mol. The lowest BCUT2D eigenvalue weighted by Gasteiger charge is -2.29. The summed E-state index contributed by atoms with van der Waals surface area (Å²) in [6.45, 7) is 13.1. The van der Waals surface area contributed by atoms with Crippen molar-refractivity contribution in [1.82, 2.24) is 9.80 Å². The Kier molecular flexibility index (Phi) is 6.91. The van der Waals surface area contributed by atoms with Crippen molar-refractivity contribution in [3.05, 3.63) is 29.8 Å². The quantitative estimate of drug-likeness (QED) is 0.580. The zero-order valence-electron chi connectivity index (χ0n) is 18.5. The van der Waals surface area contributed by atoms with Crippen LogP contribution in [0.2, 0.25) is 0 Å². The molecule has 4 aliphatic rings. The summed E-state index contributed by atoms with van der Waals surface area (Å²) in [7, 11) is 0. The minimum absolute atomic E-state index is 0.833. The maximum absolute atomic E-state index is 6.05. The van der Waals surface area contributed by atoms with Gasteiger partial charge in [0.25, 0.3) is 0 Å². The lowest BCUT2D eigenvalue weighted by molar-refractivity contribution is 0.0967. The molecule has 3 heterocycles. The Labute approximate surface area is 182 Å². The zero-order valence-corrected chi connectivity index (χ0v) is 18.5. The molecule has 3 saturated heterocycles. The lowest BCUT2D eigenvalue weighted by Crippen LogP contribution is -2.36. The molecule has 1 saturated carbocycles. The van der Waals surface area contributed by atoms with Crippen LogP contribution >= 0.6 is 0 Å². The highest BCUT2D eigenvalue weighted by Gasteiger charge is 2.55. The largest absolute Gasteiger partial charge is 0.381 e. The van der Waals surface area contributed by atoms with Gasteiger partial charge in [0, 0.05) is 51.6 Å². The topological polar surface area (TPSA) is 28.2 Å². The molecule has 3 atom stereocenters. The van der Waals surface area contributed by atoms with E-state index in [1.807, 2.05) is 0 Å². The molecule has 4 fully saturated rings. The Balaban J connectivity index is 0.962. The van der Waals surface area contributed by atoms with Crippen LogP contribution in [-0.4, -0.2) is 82.0 Å². The minimum Gasteiger partial charge on any atom is -0.381 e. The normalized spacial score (nSPS) is 29.9. The van der Waals surface area contributed by atoms with E-state index in [-0.39, 0.29) is 0 Å². The summed E-state index contributed by atoms with van der Waals surface area (Å²) >= 11 is 0. The number of hydrogen-bond donors (Lipinski definition) is 0. The molecule has 0 bridgehead atoms. The number of rotatable bonds is 9. The predicted octanol–water partition coefficient (Wildman–Crippen LogP) is 3.09. The standard InChI is InChI=1S/C25H39N3O2/c1-2-9-26(10-3-1)11-4-14-30-20-25-23-18-27(19-24(23)25)17-21-5-7-22(8-6-21)28-12-15-29-16-13-28/h5-8,23-25H,1-4,9-20H2/t23-,24+,25?. The molecule has 3 aliphatic heterocycles. The molecule has 5 nitrogen and oxygen atoms in total. The monoisotopic (exact) mass is 413 g/mol. The van der Waals surface area contributed by atoms with Gasteiger partial charge in [-0.2, -0.15) is 0 Å². The van der Waals surface area contributed by atoms with E-state index in [4.69, 9.17) is 9.47 Å². The molecule has 5 heteroatoms. The summed E-state index contributed by atoms with van der Waals surface area (Å²) in [5.74, 6) is 2.61. The molecule has 30 heavy (non-hydrogen) atoms. The molecule has 166 valence electrons. The average molecular weight is 414 g/mol. The minimum atomic E-state index is 0.833. The summed E-state index contributed by atoms with van der Waals surface area (Å²) in [6, 6.07) is 9.21. The first-order valence-electron chi connectivity index (χ1n) is 12.3. The maximum Gasteiger partial charge on any atom is 0.0642 e. The van der Waals surface area contributed by atoms with Gasteiger partial charge in [0.15, 0.2) is 0 Å². The lowest BCUT2D eigenvalue weighted by atomic mass is 10.1. The molecule has 5 rings (SSSR count). The number of benzene rings is 1. The number of morpholine rings is 1. The highest BCUT2D eigenvalue weighted by atomic mass is 16.5. The maximum atomic E-state index is 6.05. The van der Waals surface area contributed by atoms with Gasteiger partial charge < -0.3 is 19.3 Å².